The molecule has 8 heteroatoms. The Morgan fingerprint density at radius 1 is 1.24 bits per heavy atom. The molecule has 6 nitrogen and oxygen atoms in total. The van der Waals surface area contributed by atoms with E-state index in [0.29, 0.717) is 17.3 Å². The number of nitrogens with zero attached hydrogens (tertiary/aromatic N) is 5. The lowest BCUT2D eigenvalue weighted by Gasteiger charge is -2.03. The van der Waals surface area contributed by atoms with Gasteiger partial charge < -0.3 is 4.84 Å². The van der Waals surface area contributed by atoms with Crippen molar-refractivity contribution in [3.05, 3.63) is 52.0 Å². The molecule has 0 saturated heterocycles. The second-order valence-electron chi connectivity index (χ2n) is 5.30. The Morgan fingerprint density at radius 3 is 2.64 bits per heavy atom. The van der Waals surface area contributed by atoms with E-state index < -0.39 is 0 Å². The minimum absolute atomic E-state index is 0.219. The summed E-state index contributed by atoms with van der Waals surface area (Å²) >= 11 is 7.76. The molecule has 0 aromatic carbocycles. The van der Waals surface area contributed by atoms with Crippen molar-refractivity contribution in [1.82, 2.24) is 19.9 Å². The molecule has 0 aliphatic carbocycles. The molecule has 3 aromatic rings. The van der Waals surface area contributed by atoms with Gasteiger partial charge in [-0.2, -0.15) is 9.97 Å². The Labute approximate surface area is 154 Å². The summed E-state index contributed by atoms with van der Waals surface area (Å²) in [5.74, 6) is 0. The molecule has 0 aliphatic rings. The fraction of sp³-hybridized carbons (Fsp3) is 0.235. The van der Waals surface area contributed by atoms with Crippen molar-refractivity contribution >= 4 is 28.6 Å². The van der Waals surface area contributed by atoms with Crippen LogP contribution in [0.25, 0.3) is 10.6 Å². The summed E-state index contributed by atoms with van der Waals surface area (Å²) in [7, 11) is 0. The van der Waals surface area contributed by atoms with Crippen molar-refractivity contribution in [2.45, 2.75) is 27.2 Å². The highest BCUT2D eigenvalue weighted by atomic mass is 35.5. The number of halogens is 1. The van der Waals surface area contributed by atoms with Gasteiger partial charge in [-0.1, -0.05) is 23.7 Å². The van der Waals surface area contributed by atoms with Crippen molar-refractivity contribution in [3.63, 3.8) is 0 Å². The van der Waals surface area contributed by atoms with Gasteiger partial charge in [-0.25, -0.2) is 4.98 Å². The third-order valence-corrected chi connectivity index (χ3v) is 4.83. The minimum Gasteiger partial charge on any atom is -0.315 e. The summed E-state index contributed by atoms with van der Waals surface area (Å²) in [5.41, 5.74) is 3.26. The van der Waals surface area contributed by atoms with Crippen LogP contribution < -0.4 is 4.84 Å². The van der Waals surface area contributed by atoms with Crippen molar-refractivity contribution in [2.75, 3.05) is 0 Å². The van der Waals surface area contributed by atoms with Crippen LogP contribution in [0, 0.1) is 13.8 Å². The summed E-state index contributed by atoms with van der Waals surface area (Å²) in [6.07, 6.45) is 4.11. The van der Waals surface area contributed by atoms with Crippen LogP contribution >= 0.6 is 22.9 Å². The quantitative estimate of drug-likeness (QED) is 0.487. The molecule has 0 bridgehead atoms. The van der Waals surface area contributed by atoms with Gasteiger partial charge in [0.15, 0.2) is 0 Å². The minimum atomic E-state index is 0.219. The Morgan fingerprint density at radius 2 is 2.00 bits per heavy atom. The van der Waals surface area contributed by atoms with Crippen LogP contribution in [-0.2, 0) is 0 Å². The second kappa shape index (κ2) is 7.67. The molecule has 128 valence electrons. The van der Waals surface area contributed by atoms with Gasteiger partial charge in [0.25, 0.3) is 0 Å². The van der Waals surface area contributed by atoms with Gasteiger partial charge in [0.2, 0.25) is 0 Å². The maximum Gasteiger partial charge on any atom is 0.346 e. The molecule has 3 rings (SSSR count). The second-order valence-corrected chi connectivity index (χ2v) is 6.65. The van der Waals surface area contributed by atoms with Gasteiger partial charge in [-0.3, -0.25) is 4.98 Å². The standard InChI is InChI=1S/C17H16ClN5OS/c1-4-13(23-24-17-20-10(2)8-11(3)21-17)14-15(18)22-16(25-14)12-6-5-7-19-9-12/h5-9H,4H2,1-3H3. The average Bonchev–Trinajstić information content (AvgIpc) is 2.97. The van der Waals surface area contributed by atoms with Gasteiger partial charge in [-0.15, -0.1) is 11.3 Å². The fourth-order valence-corrected chi connectivity index (χ4v) is 3.55. The van der Waals surface area contributed by atoms with Gasteiger partial charge in [0.1, 0.15) is 15.9 Å². The van der Waals surface area contributed by atoms with E-state index in [1.165, 1.54) is 11.3 Å². The van der Waals surface area contributed by atoms with Gasteiger partial charge in [0, 0.05) is 29.3 Å². The van der Waals surface area contributed by atoms with E-state index in [1.54, 1.807) is 12.4 Å². The third kappa shape index (κ3) is 4.18. The molecule has 0 unspecified atom stereocenters. The van der Waals surface area contributed by atoms with Crippen LogP contribution in [0.3, 0.4) is 0 Å². The molecule has 0 amide bonds. The zero-order valence-electron chi connectivity index (χ0n) is 14.0. The number of aryl methyl sites for hydroxylation is 2. The van der Waals surface area contributed by atoms with E-state index in [2.05, 4.69) is 25.1 Å². The van der Waals surface area contributed by atoms with Crippen LogP contribution in [0.1, 0.15) is 29.6 Å². The maximum absolute atomic E-state index is 6.31. The fourth-order valence-electron chi connectivity index (χ4n) is 2.19. The Balaban J connectivity index is 1.89. The van der Waals surface area contributed by atoms with Crippen LogP contribution in [0.2, 0.25) is 5.15 Å². The number of pyridine rings is 1. The topological polar surface area (TPSA) is 73.2 Å². The number of thiazole rings is 1. The van der Waals surface area contributed by atoms with Gasteiger partial charge in [0.05, 0.1) is 4.88 Å². The van der Waals surface area contributed by atoms with Crippen molar-refractivity contribution in [1.29, 1.82) is 0 Å². The first-order valence-corrected chi connectivity index (χ1v) is 8.89. The van der Waals surface area contributed by atoms with Gasteiger partial charge >= 0.3 is 6.01 Å². The smallest absolute Gasteiger partial charge is 0.315 e. The van der Waals surface area contributed by atoms with E-state index in [-0.39, 0.29) is 6.01 Å². The molecule has 0 atom stereocenters. The number of rotatable bonds is 5. The van der Waals surface area contributed by atoms with E-state index in [0.717, 1.165) is 26.8 Å². The van der Waals surface area contributed by atoms with E-state index in [4.69, 9.17) is 16.4 Å². The van der Waals surface area contributed by atoms with Crippen LogP contribution in [0.4, 0.5) is 0 Å². The average molecular weight is 374 g/mol. The molecule has 0 N–H and O–H groups in total. The summed E-state index contributed by atoms with van der Waals surface area (Å²) in [5, 5.41) is 5.38. The Bertz CT molecular complexity index is 890. The summed E-state index contributed by atoms with van der Waals surface area (Å²) in [4.78, 5) is 23.1. The Kier molecular flexibility index (Phi) is 5.35. The van der Waals surface area contributed by atoms with Crippen LogP contribution in [0.15, 0.2) is 35.7 Å². The van der Waals surface area contributed by atoms with Crippen LogP contribution in [0.5, 0.6) is 6.01 Å². The SMILES string of the molecule is CCC(=NOc1nc(C)cc(C)n1)c1sc(-c2cccnc2)nc1Cl. The van der Waals surface area contributed by atoms with E-state index in [1.807, 2.05) is 39.0 Å². The zero-order chi connectivity index (χ0) is 17.8. The molecule has 0 spiro atoms. The maximum atomic E-state index is 6.31. The number of oxime groups is 1. The lowest BCUT2D eigenvalue weighted by Crippen LogP contribution is -2.02. The lowest BCUT2D eigenvalue weighted by molar-refractivity contribution is 0.310. The van der Waals surface area contributed by atoms with Crippen molar-refractivity contribution in [2.24, 2.45) is 5.16 Å². The molecular weight excluding hydrogens is 358 g/mol. The third-order valence-electron chi connectivity index (χ3n) is 3.29. The van der Waals surface area contributed by atoms with E-state index >= 15 is 0 Å². The zero-order valence-corrected chi connectivity index (χ0v) is 15.6. The monoisotopic (exact) mass is 373 g/mol. The van der Waals surface area contributed by atoms with Crippen molar-refractivity contribution in [3.8, 4) is 16.6 Å². The first kappa shape index (κ1) is 17.4. The van der Waals surface area contributed by atoms with Crippen molar-refractivity contribution < 1.29 is 4.84 Å². The molecule has 3 heterocycles. The van der Waals surface area contributed by atoms with Crippen LogP contribution in [-0.4, -0.2) is 25.6 Å². The Hall–Kier alpha value is -2.38. The molecule has 25 heavy (non-hydrogen) atoms. The summed E-state index contributed by atoms with van der Waals surface area (Å²) < 4.78 is 0. The first-order valence-electron chi connectivity index (χ1n) is 7.70. The number of aromatic nitrogens is 4. The predicted molar refractivity (Wildman–Crippen MR) is 99.3 cm³/mol. The normalized spacial score (nSPS) is 11.6. The first-order chi connectivity index (χ1) is 12.1. The summed E-state index contributed by atoms with van der Waals surface area (Å²) in [6, 6.07) is 5.89. The number of hydrogen-bond donors (Lipinski definition) is 0. The molecule has 0 aliphatic heterocycles. The lowest BCUT2D eigenvalue weighted by atomic mass is 10.3. The molecular formula is C17H16ClN5OS. The summed E-state index contributed by atoms with van der Waals surface area (Å²) in [6.45, 7) is 5.74. The predicted octanol–water partition coefficient (Wildman–Crippen LogP) is 4.46. The largest absolute Gasteiger partial charge is 0.346 e. The highest BCUT2D eigenvalue weighted by molar-refractivity contribution is 7.17. The molecule has 0 saturated carbocycles. The molecule has 0 fully saturated rings. The van der Waals surface area contributed by atoms with E-state index in [9.17, 15) is 0 Å². The number of hydrogen-bond acceptors (Lipinski definition) is 7. The molecule has 3 aromatic heterocycles. The highest BCUT2D eigenvalue weighted by Crippen LogP contribution is 2.31. The van der Waals surface area contributed by atoms with Gasteiger partial charge in [-0.05, 0) is 38.5 Å². The highest BCUT2D eigenvalue weighted by Gasteiger charge is 2.16. The molecule has 0 radical (unpaired) electrons.